The van der Waals surface area contributed by atoms with Crippen molar-refractivity contribution in [2.24, 2.45) is 0 Å². The van der Waals surface area contributed by atoms with Gasteiger partial charge in [0.25, 0.3) is 5.91 Å². The van der Waals surface area contributed by atoms with Crippen LogP contribution >= 0.6 is 11.6 Å². The molecule has 0 fully saturated rings. The Balaban J connectivity index is 1.46. The van der Waals surface area contributed by atoms with Crippen molar-refractivity contribution in [1.82, 2.24) is 10.6 Å². The maximum Gasteiger partial charge on any atom is 0.252 e. The Morgan fingerprint density at radius 1 is 0.850 bits per heavy atom. The van der Waals surface area contributed by atoms with Crippen LogP contribution in [0.4, 0.5) is 0 Å². The van der Waals surface area contributed by atoms with Crippen molar-refractivity contribution in [2.45, 2.75) is 25.4 Å². The van der Waals surface area contributed by atoms with Gasteiger partial charge < -0.3 is 30.3 Å². The van der Waals surface area contributed by atoms with Gasteiger partial charge in [-0.15, -0.1) is 0 Å². The summed E-state index contributed by atoms with van der Waals surface area (Å²) in [7, 11) is 1.56. The number of carbonyl (C=O) groups is 2. The number of aromatic hydroxyl groups is 2. The summed E-state index contributed by atoms with van der Waals surface area (Å²) in [5.74, 6) is 0.244. The van der Waals surface area contributed by atoms with Crippen molar-refractivity contribution in [3.63, 3.8) is 0 Å². The summed E-state index contributed by atoms with van der Waals surface area (Å²) < 4.78 is 11.0. The zero-order chi connectivity index (χ0) is 28.7. The first-order valence-electron chi connectivity index (χ1n) is 12.4. The van der Waals surface area contributed by atoms with Crippen LogP contribution in [0.15, 0.2) is 91.0 Å². The van der Waals surface area contributed by atoms with Crippen LogP contribution in [0, 0.1) is 0 Å². The summed E-state index contributed by atoms with van der Waals surface area (Å²) in [5.41, 5.74) is 0.396. The van der Waals surface area contributed by atoms with Gasteiger partial charge in [-0.25, -0.2) is 0 Å². The first kappa shape index (κ1) is 28.3. The predicted octanol–water partition coefficient (Wildman–Crippen LogP) is 5.60. The van der Waals surface area contributed by atoms with Crippen LogP contribution in [0.2, 0.25) is 5.02 Å². The molecule has 4 N–H and O–H groups in total. The molecule has 8 nitrogen and oxygen atoms in total. The molecule has 0 saturated heterocycles. The van der Waals surface area contributed by atoms with Crippen LogP contribution in [-0.4, -0.2) is 34.7 Å². The van der Waals surface area contributed by atoms with E-state index in [-0.39, 0.29) is 24.5 Å². The first-order valence-corrected chi connectivity index (χ1v) is 12.8. The molecule has 1 unspecified atom stereocenters. The minimum Gasteiger partial charge on any atom is -0.504 e. The van der Waals surface area contributed by atoms with E-state index in [0.717, 1.165) is 5.56 Å². The second-order valence-corrected chi connectivity index (χ2v) is 9.78. The molecule has 4 aromatic carbocycles. The minimum atomic E-state index is -1.37. The molecule has 206 valence electrons. The molecule has 0 aliphatic rings. The van der Waals surface area contributed by atoms with Crippen LogP contribution < -0.4 is 20.1 Å². The summed E-state index contributed by atoms with van der Waals surface area (Å²) in [5, 5.41) is 25.8. The van der Waals surface area contributed by atoms with Crippen LogP contribution in [0.5, 0.6) is 28.7 Å². The monoisotopic (exact) mass is 560 g/mol. The standard InChI is InChI=1S/C31H29ClN2O6/c1-31(18-21-10-14-26(35)27(36)16-21,34-29(37)22-6-4-3-5-7-22)30(38)33-19-20-8-11-23(12-9-20)40-28-15-13-24(39-2)17-25(28)32/h3-17,35-36H,18-19H2,1-2H3,(H,33,38)(H,34,37). The quantitative estimate of drug-likeness (QED) is 0.188. The van der Waals surface area contributed by atoms with Gasteiger partial charge >= 0.3 is 0 Å². The fraction of sp³-hybridized carbons (Fsp3) is 0.161. The maximum absolute atomic E-state index is 13.5. The Morgan fingerprint density at radius 2 is 1.52 bits per heavy atom. The minimum absolute atomic E-state index is 0.0701. The van der Waals surface area contributed by atoms with E-state index < -0.39 is 17.4 Å². The van der Waals surface area contributed by atoms with E-state index in [1.807, 2.05) is 12.1 Å². The summed E-state index contributed by atoms with van der Waals surface area (Å²) in [6.45, 7) is 1.81. The highest BCUT2D eigenvalue weighted by Gasteiger charge is 2.35. The third-order valence-corrected chi connectivity index (χ3v) is 6.56. The van der Waals surface area contributed by atoms with Gasteiger partial charge in [0.05, 0.1) is 12.1 Å². The highest BCUT2D eigenvalue weighted by Crippen LogP contribution is 2.32. The third kappa shape index (κ3) is 7.03. The smallest absolute Gasteiger partial charge is 0.252 e. The molecule has 4 aromatic rings. The number of halogens is 1. The topological polar surface area (TPSA) is 117 Å². The fourth-order valence-electron chi connectivity index (χ4n) is 4.05. The molecule has 2 amide bonds. The number of ether oxygens (including phenoxy) is 2. The van der Waals surface area contributed by atoms with E-state index >= 15 is 0 Å². The van der Waals surface area contributed by atoms with Crippen LogP contribution in [0.1, 0.15) is 28.4 Å². The summed E-state index contributed by atoms with van der Waals surface area (Å²) >= 11 is 6.26. The van der Waals surface area contributed by atoms with Gasteiger partial charge in [0.2, 0.25) is 5.91 Å². The van der Waals surface area contributed by atoms with E-state index in [4.69, 9.17) is 21.1 Å². The Kier molecular flexibility index (Phi) is 8.81. The van der Waals surface area contributed by atoms with Gasteiger partial charge in [-0.05, 0) is 66.6 Å². The maximum atomic E-state index is 13.5. The highest BCUT2D eigenvalue weighted by atomic mass is 35.5. The second kappa shape index (κ2) is 12.4. The number of phenolic OH excluding ortho intramolecular Hbond substituents is 2. The molecule has 0 radical (unpaired) electrons. The van der Waals surface area contributed by atoms with Crippen molar-refractivity contribution in [3.05, 3.63) is 113 Å². The lowest BCUT2D eigenvalue weighted by Crippen LogP contribution is -2.58. The molecule has 0 bridgehead atoms. The molecular formula is C31H29ClN2O6. The molecule has 0 aliphatic heterocycles. The number of phenols is 2. The second-order valence-electron chi connectivity index (χ2n) is 9.38. The van der Waals surface area contributed by atoms with E-state index in [1.165, 1.54) is 12.1 Å². The molecule has 0 aromatic heterocycles. The zero-order valence-corrected chi connectivity index (χ0v) is 22.7. The third-order valence-electron chi connectivity index (χ3n) is 6.27. The molecule has 0 aliphatic carbocycles. The number of rotatable bonds is 10. The number of hydrogen-bond donors (Lipinski definition) is 4. The summed E-state index contributed by atoms with van der Waals surface area (Å²) in [4.78, 5) is 26.5. The number of nitrogens with one attached hydrogen (secondary N) is 2. The summed E-state index contributed by atoms with van der Waals surface area (Å²) in [6.07, 6.45) is 0.0701. The van der Waals surface area contributed by atoms with Gasteiger partial charge in [-0.1, -0.05) is 48.0 Å². The average molecular weight is 561 g/mol. The average Bonchev–Trinajstić information content (AvgIpc) is 2.96. The first-order chi connectivity index (χ1) is 19.2. The van der Waals surface area contributed by atoms with Crippen LogP contribution in [0.3, 0.4) is 0 Å². The van der Waals surface area contributed by atoms with Gasteiger partial charge in [-0.2, -0.15) is 0 Å². The number of amides is 2. The number of carbonyl (C=O) groups excluding carboxylic acids is 2. The SMILES string of the molecule is COc1ccc(Oc2ccc(CNC(=O)C(C)(Cc3ccc(O)c(O)c3)NC(=O)c3ccccc3)cc2)c(Cl)c1. The molecule has 1 atom stereocenters. The van der Waals surface area contributed by atoms with E-state index in [0.29, 0.717) is 33.4 Å². The van der Waals surface area contributed by atoms with Gasteiger partial charge in [0.15, 0.2) is 11.5 Å². The van der Waals surface area contributed by atoms with Crippen LogP contribution in [-0.2, 0) is 17.8 Å². The van der Waals surface area contributed by atoms with Gasteiger partial charge in [0, 0.05) is 24.6 Å². The molecule has 0 heterocycles. The lowest BCUT2D eigenvalue weighted by atomic mass is 9.90. The lowest BCUT2D eigenvalue weighted by Gasteiger charge is -2.30. The fourth-order valence-corrected chi connectivity index (χ4v) is 4.26. The van der Waals surface area contributed by atoms with Crippen molar-refractivity contribution in [3.8, 4) is 28.7 Å². The molecular weight excluding hydrogens is 532 g/mol. The largest absolute Gasteiger partial charge is 0.504 e. The molecule has 40 heavy (non-hydrogen) atoms. The zero-order valence-electron chi connectivity index (χ0n) is 22.0. The molecule has 0 saturated carbocycles. The molecule has 9 heteroatoms. The van der Waals surface area contributed by atoms with Crippen LogP contribution in [0.25, 0.3) is 0 Å². The molecule has 4 rings (SSSR count). The Morgan fingerprint density at radius 3 is 2.17 bits per heavy atom. The van der Waals surface area contributed by atoms with Gasteiger partial charge in [-0.3, -0.25) is 9.59 Å². The van der Waals surface area contributed by atoms with Gasteiger partial charge in [0.1, 0.15) is 22.8 Å². The summed E-state index contributed by atoms with van der Waals surface area (Å²) in [6, 6.07) is 25.1. The van der Waals surface area contributed by atoms with E-state index in [9.17, 15) is 19.8 Å². The Labute approximate surface area is 237 Å². The number of methoxy groups -OCH3 is 1. The van der Waals surface area contributed by atoms with E-state index in [2.05, 4.69) is 10.6 Å². The van der Waals surface area contributed by atoms with Crippen molar-refractivity contribution >= 4 is 23.4 Å². The van der Waals surface area contributed by atoms with E-state index in [1.54, 1.807) is 80.8 Å². The van der Waals surface area contributed by atoms with Crippen molar-refractivity contribution in [1.29, 1.82) is 0 Å². The van der Waals surface area contributed by atoms with Crippen molar-refractivity contribution < 1.29 is 29.3 Å². The predicted molar refractivity (Wildman–Crippen MR) is 152 cm³/mol. The number of benzene rings is 4. The Hall–Kier alpha value is -4.69. The number of hydrogen-bond acceptors (Lipinski definition) is 6. The molecule has 0 spiro atoms. The Bertz CT molecular complexity index is 1490. The van der Waals surface area contributed by atoms with Crippen molar-refractivity contribution in [2.75, 3.05) is 7.11 Å². The lowest BCUT2D eigenvalue weighted by molar-refractivity contribution is -0.126. The highest BCUT2D eigenvalue weighted by molar-refractivity contribution is 6.32. The normalized spacial score (nSPS) is 12.2.